The SMILES string of the molecule is COc1cccc(CC(=O)N2CCCCCCCCN(CCC(C)C)Cc3ccccc32)c1. The van der Waals surface area contributed by atoms with Gasteiger partial charge in [-0.1, -0.05) is 69.9 Å². The molecule has 1 aliphatic heterocycles. The molecular weight excluding hydrogens is 408 g/mol. The van der Waals surface area contributed by atoms with Gasteiger partial charge in [0.25, 0.3) is 0 Å². The molecule has 180 valence electrons. The Balaban J connectivity index is 1.85. The Morgan fingerprint density at radius 2 is 1.67 bits per heavy atom. The van der Waals surface area contributed by atoms with Gasteiger partial charge in [-0.25, -0.2) is 0 Å². The summed E-state index contributed by atoms with van der Waals surface area (Å²) in [5.41, 5.74) is 3.34. The highest BCUT2D eigenvalue weighted by Gasteiger charge is 2.20. The van der Waals surface area contributed by atoms with Crippen LogP contribution in [0, 0.1) is 5.92 Å². The van der Waals surface area contributed by atoms with Crippen molar-refractivity contribution in [2.24, 2.45) is 5.92 Å². The second-order valence-electron chi connectivity index (χ2n) is 9.78. The average molecular weight is 451 g/mol. The van der Waals surface area contributed by atoms with E-state index >= 15 is 0 Å². The lowest BCUT2D eigenvalue weighted by atomic mass is 10.1. The zero-order valence-electron chi connectivity index (χ0n) is 20.9. The van der Waals surface area contributed by atoms with Gasteiger partial charge < -0.3 is 9.64 Å². The fourth-order valence-electron chi connectivity index (χ4n) is 4.60. The molecule has 0 atom stereocenters. The third kappa shape index (κ3) is 8.19. The number of fused-ring (bicyclic) bond motifs is 1. The molecule has 4 nitrogen and oxygen atoms in total. The van der Waals surface area contributed by atoms with E-state index < -0.39 is 0 Å². The highest BCUT2D eigenvalue weighted by molar-refractivity contribution is 5.95. The maximum Gasteiger partial charge on any atom is 0.231 e. The molecular formula is C29H42N2O2. The molecule has 0 radical (unpaired) electrons. The van der Waals surface area contributed by atoms with E-state index in [4.69, 9.17) is 4.74 Å². The number of rotatable bonds is 6. The smallest absolute Gasteiger partial charge is 0.231 e. The van der Waals surface area contributed by atoms with E-state index in [1.807, 2.05) is 29.2 Å². The highest BCUT2D eigenvalue weighted by atomic mass is 16.5. The van der Waals surface area contributed by atoms with Gasteiger partial charge in [-0.3, -0.25) is 9.69 Å². The fraction of sp³-hybridized carbons (Fsp3) is 0.552. The van der Waals surface area contributed by atoms with Crippen molar-refractivity contribution < 1.29 is 9.53 Å². The number of methoxy groups -OCH3 is 1. The first kappa shape index (κ1) is 25.3. The zero-order chi connectivity index (χ0) is 23.5. The quantitative estimate of drug-likeness (QED) is 0.505. The Morgan fingerprint density at radius 3 is 2.42 bits per heavy atom. The Kier molecular flexibility index (Phi) is 10.3. The van der Waals surface area contributed by atoms with Crippen LogP contribution in [0.15, 0.2) is 48.5 Å². The van der Waals surface area contributed by atoms with E-state index in [9.17, 15) is 4.79 Å². The van der Waals surface area contributed by atoms with Crippen LogP contribution in [-0.4, -0.2) is 37.6 Å². The van der Waals surface area contributed by atoms with Crippen molar-refractivity contribution in [1.29, 1.82) is 0 Å². The summed E-state index contributed by atoms with van der Waals surface area (Å²) in [5.74, 6) is 1.66. The van der Waals surface area contributed by atoms with Gasteiger partial charge in [0.2, 0.25) is 5.91 Å². The van der Waals surface area contributed by atoms with Crippen LogP contribution in [-0.2, 0) is 17.8 Å². The van der Waals surface area contributed by atoms with Crippen molar-refractivity contribution in [2.75, 3.05) is 31.6 Å². The topological polar surface area (TPSA) is 32.8 Å². The van der Waals surface area contributed by atoms with Crippen LogP contribution in [0.3, 0.4) is 0 Å². The Bertz CT molecular complexity index is 864. The number of carbonyl (C=O) groups excluding carboxylic acids is 1. The monoisotopic (exact) mass is 450 g/mol. The maximum absolute atomic E-state index is 13.6. The third-order valence-electron chi connectivity index (χ3n) is 6.60. The van der Waals surface area contributed by atoms with Crippen LogP contribution in [0.25, 0.3) is 0 Å². The average Bonchev–Trinajstić information content (AvgIpc) is 2.83. The number of carbonyl (C=O) groups is 1. The van der Waals surface area contributed by atoms with Crippen LogP contribution in [0.4, 0.5) is 5.69 Å². The van der Waals surface area contributed by atoms with Crippen LogP contribution < -0.4 is 9.64 Å². The predicted molar refractivity (Wildman–Crippen MR) is 138 cm³/mol. The van der Waals surface area contributed by atoms with E-state index in [2.05, 4.69) is 43.0 Å². The highest BCUT2D eigenvalue weighted by Crippen LogP contribution is 2.26. The number of benzene rings is 2. The zero-order valence-corrected chi connectivity index (χ0v) is 20.9. The molecule has 1 amide bonds. The van der Waals surface area contributed by atoms with E-state index in [1.165, 1.54) is 44.1 Å². The van der Waals surface area contributed by atoms with E-state index in [0.29, 0.717) is 12.3 Å². The molecule has 0 aromatic heterocycles. The number of hydrogen-bond donors (Lipinski definition) is 0. The van der Waals surface area contributed by atoms with E-state index in [-0.39, 0.29) is 5.91 Å². The first-order valence-electron chi connectivity index (χ1n) is 12.8. The molecule has 0 spiro atoms. The minimum absolute atomic E-state index is 0.166. The summed E-state index contributed by atoms with van der Waals surface area (Å²) in [6.07, 6.45) is 8.95. The largest absolute Gasteiger partial charge is 0.497 e. The Labute approximate surface area is 200 Å². The second-order valence-corrected chi connectivity index (χ2v) is 9.78. The first-order chi connectivity index (χ1) is 16.1. The van der Waals surface area contributed by atoms with Crippen molar-refractivity contribution >= 4 is 11.6 Å². The van der Waals surface area contributed by atoms with Gasteiger partial charge in [0, 0.05) is 18.8 Å². The molecule has 0 unspecified atom stereocenters. The first-order valence-corrected chi connectivity index (χ1v) is 12.8. The predicted octanol–water partition coefficient (Wildman–Crippen LogP) is 6.47. The van der Waals surface area contributed by atoms with Crippen molar-refractivity contribution in [3.63, 3.8) is 0 Å². The molecule has 0 aliphatic carbocycles. The van der Waals surface area contributed by atoms with Gasteiger partial charge in [0.15, 0.2) is 0 Å². The summed E-state index contributed by atoms with van der Waals surface area (Å²) in [6, 6.07) is 16.4. The molecule has 2 aromatic carbocycles. The number of hydrogen-bond acceptors (Lipinski definition) is 3. The third-order valence-corrected chi connectivity index (χ3v) is 6.60. The fourth-order valence-corrected chi connectivity index (χ4v) is 4.60. The van der Waals surface area contributed by atoms with Crippen molar-refractivity contribution in [1.82, 2.24) is 4.90 Å². The lowest BCUT2D eigenvalue weighted by molar-refractivity contribution is -0.118. The van der Waals surface area contributed by atoms with E-state index in [0.717, 1.165) is 49.6 Å². The minimum Gasteiger partial charge on any atom is -0.497 e. The summed E-state index contributed by atoms with van der Waals surface area (Å²) in [6.45, 7) is 8.54. The summed E-state index contributed by atoms with van der Waals surface area (Å²) >= 11 is 0. The summed E-state index contributed by atoms with van der Waals surface area (Å²) in [7, 11) is 1.67. The normalized spacial score (nSPS) is 16.4. The maximum atomic E-state index is 13.6. The number of ether oxygens (including phenoxy) is 1. The van der Waals surface area contributed by atoms with Crippen molar-refractivity contribution in [2.45, 2.75) is 71.8 Å². The van der Waals surface area contributed by atoms with Crippen LogP contribution in [0.5, 0.6) is 5.75 Å². The van der Waals surface area contributed by atoms with Gasteiger partial charge in [-0.05, 0) is 67.6 Å². The van der Waals surface area contributed by atoms with Gasteiger partial charge in [-0.2, -0.15) is 0 Å². The van der Waals surface area contributed by atoms with Gasteiger partial charge >= 0.3 is 0 Å². The lowest BCUT2D eigenvalue weighted by Gasteiger charge is -2.29. The summed E-state index contributed by atoms with van der Waals surface area (Å²) in [4.78, 5) is 18.2. The molecule has 3 rings (SSSR count). The summed E-state index contributed by atoms with van der Waals surface area (Å²) < 4.78 is 5.36. The second kappa shape index (κ2) is 13.4. The van der Waals surface area contributed by atoms with Gasteiger partial charge in [0.1, 0.15) is 5.75 Å². The molecule has 1 heterocycles. The van der Waals surface area contributed by atoms with E-state index in [1.54, 1.807) is 7.11 Å². The van der Waals surface area contributed by atoms with Crippen LogP contribution in [0.1, 0.15) is 69.9 Å². The standard InChI is InChI=1S/C29H42N2O2/c1-24(2)17-20-30-18-10-6-4-5-7-11-19-31(28-16-9-8-14-26(28)23-30)29(32)22-25-13-12-15-27(21-25)33-3/h8-9,12-16,21,24H,4-7,10-11,17-20,22-23H2,1-3H3. The van der Waals surface area contributed by atoms with Crippen molar-refractivity contribution in [3.05, 3.63) is 59.7 Å². The summed E-state index contributed by atoms with van der Waals surface area (Å²) in [5, 5.41) is 0. The molecule has 0 N–H and O–H groups in total. The van der Waals surface area contributed by atoms with Gasteiger partial charge in [-0.15, -0.1) is 0 Å². The molecule has 1 aliphatic rings. The number of amides is 1. The number of nitrogens with zero attached hydrogens (tertiary/aromatic N) is 2. The van der Waals surface area contributed by atoms with Crippen LogP contribution >= 0.6 is 0 Å². The minimum atomic E-state index is 0.166. The van der Waals surface area contributed by atoms with Gasteiger partial charge in [0.05, 0.1) is 13.5 Å². The number of para-hydroxylation sites is 1. The molecule has 0 saturated carbocycles. The number of anilines is 1. The molecule has 0 saturated heterocycles. The lowest BCUT2D eigenvalue weighted by Crippen LogP contribution is -2.35. The molecule has 4 heteroatoms. The molecule has 0 bridgehead atoms. The molecule has 2 aromatic rings. The Morgan fingerprint density at radius 1 is 0.939 bits per heavy atom. The molecule has 33 heavy (non-hydrogen) atoms. The molecule has 0 fully saturated rings. The van der Waals surface area contributed by atoms with Crippen molar-refractivity contribution in [3.8, 4) is 5.75 Å². The Hall–Kier alpha value is -2.33. The van der Waals surface area contributed by atoms with Crippen LogP contribution in [0.2, 0.25) is 0 Å².